The van der Waals surface area contributed by atoms with E-state index in [9.17, 15) is 0 Å². The standard InChI is InChI=1S/5C2H4O2.6ClH2O3P/c5*1-2(3)4;6*1-5(2,3)4/h5*1H3,(H,3,4);6*(H2,2,3,4). The Hall–Kier alpha value is -0.0100. The number of carbonyl (C=O) groups is 5. The van der Waals surface area contributed by atoms with Gasteiger partial charge in [-0.15, -0.1) is 0 Å². The highest BCUT2D eigenvalue weighted by Gasteiger charge is 2.03. The van der Waals surface area contributed by atoms with Crippen LogP contribution < -0.4 is 0 Å². The second-order valence-corrected chi connectivity index (χ2v) is 19.0. The number of carboxylic acids is 5. The van der Waals surface area contributed by atoms with Crippen LogP contribution >= 0.6 is 109 Å². The maximum absolute atomic E-state index is 9.09. The van der Waals surface area contributed by atoms with E-state index >= 15 is 0 Å². The predicted molar refractivity (Wildman–Crippen MR) is 174 cm³/mol. The maximum Gasteiger partial charge on any atom is 0.419 e. The summed E-state index contributed by atoms with van der Waals surface area (Å²) in [6.45, 7) is -19.6. The molecule has 28 nitrogen and oxygen atoms in total. The van der Waals surface area contributed by atoms with Crippen molar-refractivity contribution in [2.45, 2.75) is 34.6 Å². The third kappa shape index (κ3) is 1060000000. The highest BCUT2D eigenvalue weighted by atomic mass is 35.7. The molecule has 0 amide bonds. The summed E-state index contributed by atoms with van der Waals surface area (Å²) < 4.78 is 54.6. The van der Waals surface area contributed by atoms with Crippen LogP contribution in [0.5, 0.6) is 0 Å². The predicted octanol–water partition coefficient (Wildman–Crippen LogP) is 2.36. The van der Waals surface area contributed by atoms with Crippen molar-refractivity contribution in [3.8, 4) is 0 Å². The SMILES string of the molecule is CC(=O)O.CC(=O)O.CC(=O)O.CC(=O)O.CC(=O)O.O=P(O)(O)Cl.O=P(O)(O)Cl.O=P(O)(O)Cl.O=P(O)(O)Cl.O=P(O)(O)Cl.O=P(O)(O)Cl. The molecule has 0 aliphatic rings. The van der Waals surface area contributed by atoms with Crippen molar-refractivity contribution in [1.29, 1.82) is 0 Å². The van der Waals surface area contributed by atoms with Gasteiger partial charge in [0, 0.05) is 102 Å². The largest absolute Gasteiger partial charge is 0.481 e. The molecule has 0 saturated carbocycles. The lowest BCUT2D eigenvalue weighted by atomic mass is 10.9. The van der Waals surface area contributed by atoms with Crippen molar-refractivity contribution in [1.82, 2.24) is 0 Å². The molecule has 0 aromatic rings. The van der Waals surface area contributed by atoms with E-state index in [4.69, 9.17) is 136 Å². The van der Waals surface area contributed by atoms with Gasteiger partial charge in [0.05, 0.1) is 0 Å². The zero-order valence-corrected chi connectivity index (χ0v) is 34.4. The molecule has 312 valence electrons. The van der Waals surface area contributed by atoms with Gasteiger partial charge in [-0.2, -0.15) is 0 Å². The highest BCUT2D eigenvalue weighted by Crippen LogP contribution is 2.41. The smallest absolute Gasteiger partial charge is 0.419 e. The second-order valence-electron chi connectivity index (χ2n) is 5.43. The van der Waals surface area contributed by atoms with Crippen molar-refractivity contribution in [3.05, 3.63) is 0 Å². The summed E-state index contributed by atoms with van der Waals surface area (Å²) in [5.41, 5.74) is 0. The van der Waals surface area contributed by atoms with Gasteiger partial charge >= 0.3 is 41.7 Å². The Morgan fingerprint density at radius 2 is 0.280 bits per heavy atom. The molecule has 0 saturated heterocycles. The van der Waals surface area contributed by atoms with Crippen LogP contribution in [0.3, 0.4) is 0 Å². The van der Waals surface area contributed by atoms with Gasteiger partial charge in [-0.3, -0.25) is 24.0 Å². The molecule has 0 heterocycles. The zero-order chi connectivity index (χ0) is 44.9. The van der Waals surface area contributed by atoms with Crippen LogP contribution in [-0.4, -0.2) is 114 Å². The van der Waals surface area contributed by atoms with Gasteiger partial charge in [-0.25, -0.2) is 27.4 Å². The van der Waals surface area contributed by atoms with Crippen LogP contribution in [0.25, 0.3) is 0 Å². The van der Waals surface area contributed by atoms with Gasteiger partial charge in [0.25, 0.3) is 29.8 Å². The summed E-state index contributed by atoms with van der Waals surface area (Å²) in [7, 11) is 0. The van der Waals surface area contributed by atoms with Crippen LogP contribution in [0.15, 0.2) is 0 Å². The summed E-state index contributed by atoms with van der Waals surface area (Å²) >= 11 is 25.2. The van der Waals surface area contributed by atoms with Crippen LogP contribution in [0, 0.1) is 0 Å². The molecule has 0 atom stereocenters. The Balaban J connectivity index is -0.0000000372. The van der Waals surface area contributed by atoms with Gasteiger partial charge in [0.2, 0.25) is 0 Å². The Morgan fingerprint density at radius 1 is 0.280 bits per heavy atom. The molecule has 50 heavy (non-hydrogen) atoms. The fraction of sp³-hybridized carbons (Fsp3) is 0.500. The summed E-state index contributed by atoms with van der Waals surface area (Å²) in [5.74, 6) is -4.17. The van der Waals surface area contributed by atoms with E-state index in [1.165, 1.54) is 0 Å². The minimum atomic E-state index is -4.17. The van der Waals surface area contributed by atoms with E-state index in [0.717, 1.165) is 34.6 Å². The molecular weight excluding hydrogens is 967 g/mol. The Labute approximate surface area is 308 Å². The lowest BCUT2D eigenvalue weighted by Gasteiger charge is -1.80. The molecule has 0 aliphatic heterocycles. The van der Waals surface area contributed by atoms with Crippen molar-refractivity contribution in [3.63, 3.8) is 0 Å². The van der Waals surface area contributed by atoms with Gasteiger partial charge in [-0.1, -0.05) is 0 Å². The molecule has 0 radical (unpaired) electrons. The molecule has 0 spiro atoms. The van der Waals surface area contributed by atoms with E-state index in [0.29, 0.717) is 0 Å². The lowest BCUT2D eigenvalue weighted by Crippen LogP contribution is -1.78. The average Bonchev–Trinajstić information content (AvgIpc) is 2.48. The average molecular weight is 999 g/mol. The molecule has 0 rings (SSSR count). The van der Waals surface area contributed by atoms with Crippen LogP contribution in [0.2, 0.25) is 0 Å². The molecule has 0 bridgehead atoms. The van der Waals surface area contributed by atoms with Crippen LogP contribution in [-0.2, 0) is 51.4 Å². The third-order valence-electron chi connectivity index (χ3n) is 0. The first-order chi connectivity index (χ1) is 20.7. The van der Waals surface area contributed by atoms with Gasteiger partial charge in [-0.05, 0) is 0 Å². The quantitative estimate of drug-likeness (QED) is 0.155. The molecule has 0 aliphatic carbocycles. The monoisotopic (exact) mass is 996 g/mol. The number of rotatable bonds is 0. The number of hydrogen-bond donors (Lipinski definition) is 17. The van der Waals surface area contributed by atoms with Crippen LogP contribution in [0.4, 0.5) is 0 Å². The number of carboxylic acid groups (broad SMARTS) is 5. The molecule has 40 heteroatoms. The second kappa shape index (κ2) is 43.4. The van der Waals surface area contributed by atoms with E-state index in [2.05, 4.69) is 67.4 Å². The molecule has 0 aromatic carbocycles. The summed E-state index contributed by atoms with van der Waals surface area (Å²) in [4.78, 5) is 134. The molecular formula is C10H32Cl6O28P6. The normalized spacial score (nSPS) is 9.58. The lowest BCUT2D eigenvalue weighted by molar-refractivity contribution is -0.135. The first kappa shape index (κ1) is 78.9. The Kier molecular flexibility index (Phi) is 68.5. The highest BCUT2D eigenvalue weighted by molar-refractivity contribution is 7.81. The topological polar surface area (TPSA) is 532 Å². The molecule has 17 N–H and O–H groups in total. The minimum Gasteiger partial charge on any atom is -0.481 e. The van der Waals surface area contributed by atoms with Gasteiger partial charge in [0.1, 0.15) is 0 Å². The minimum absolute atomic E-state index is 0.833. The Bertz CT molecular complexity index is 866. The van der Waals surface area contributed by atoms with Gasteiger partial charge < -0.3 is 84.3 Å². The number of halogens is 6. The summed E-state index contributed by atoms with van der Waals surface area (Å²) in [6.07, 6.45) is 0. The van der Waals surface area contributed by atoms with Crippen molar-refractivity contribution in [2.24, 2.45) is 0 Å². The summed E-state index contributed by atoms with van der Waals surface area (Å²) in [5, 5.41) is 37.1. The van der Waals surface area contributed by atoms with Gasteiger partial charge in [0.15, 0.2) is 0 Å². The maximum atomic E-state index is 9.09. The first-order valence-electron chi connectivity index (χ1n) is 9.15. The molecule has 0 fully saturated rings. The van der Waals surface area contributed by atoms with E-state index < -0.39 is 71.5 Å². The third-order valence-corrected chi connectivity index (χ3v) is 0. The summed E-state index contributed by atoms with van der Waals surface area (Å²) in [6, 6.07) is 0. The van der Waals surface area contributed by atoms with E-state index in [1.807, 2.05) is 0 Å². The van der Waals surface area contributed by atoms with Crippen molar-refractivity contribution < 1.29 is 136 Å². The number of aliphatic carboxylic acids is 5. The van der Waals surface area contributed by atoms with Crippen molar-refractivity contribution in [2.75, 3.05) is 0 Å². The fourth-order valence-corrected chi connectivity index (χ4v) is 0. The van der Waals surface area contributed by atoms with Crippen molar-refractivity contribution >= 4 is 139 Å². The first-order valence-corrected chi connectivity index (χ1v) is 24.3. The molecule has 0 unspecified atom stereocenters. The fourth-order valence-electron chi connectivity index (χ4n) is 0. The number of hydrogen-bond acceptors (Lipinski definition) is 11. The molecule has 0 aromatic heterocycles. The Morgan fingerprint density at radius 3 is 0.280 bits per heavy atom. The van der Waals surface area contributed by atoms with E-state index in [1.54, 1.807) is 0 Å². The van der Waals surface area contributed by atoms with Crippen LogP contribution in [0.1, 0.15) is 34.6 Å². The van der Waals surface area contributed by atoms with E-state index in [-0.39, 0.29) is 0 Å². The zero-order valence-electron chi connectivity index (χ0n) is 24.5.